The zero-order valence-electron chi connectivity index (χ0n) is 10.9. The molecule has 4 heteroatoms. The molecular weight excluding hydrogens is 245 g/mol. The molecule has 0 radical (unpaired) electrons. The minimum absolute atomic E-state index is 0.322. The second kappa shape index (κ2) is 5.36. The van der Waals surface area contributed by atoms with E-state index in [1.165, 1.54) is 12.3 Å². The summed E-state index contributed by atoms with van der Waals surface area (Å²) in [6.45, 7) is 1.63. The van der Waals surface area contributed by atoms with Crippen molar-refractivity contribution in [1.82, 2.24) is 4.98 Å². The van der Waals surface area contributed by atoms with Gasteiger partial charge in [-0.15, -0.1) is 0 Å². The largest absolute Gasteiger partial charge is 0.496 e. The molecule has 0 bridgehead atoms. The molecule has 3 nitrogen and oxygen atoms in total. The summed E-state index contributed by atoms with van der Waals surface area (Å²) in [5.41, 5.74) is 0.0988. The first-order valence-electron chi connectivity index (χ1n) is 5.98. The minimum Gasteiger partial charge on any atom is -0.496 e. The lowest BCUT2D eigenvalue weighted by Gasteiger charge is -2.24. The summed E-state index contributed by atoms with van der Waals surface area (Å²) in [7, 11) is 1.58. The summed E-state index contributed by atoms with van der Waals surface area (Å²) < 4.78 is 18.4. The lowest BCUT2D eigenvalue weighted by atomic mass is 9.90. The number of para-hydroxylation sites is 1. The molecule has 1 aromatic carbocycles. The van der Waals surface area contributed by atoms with Crippen LogP contribution in [-0.4, -0.2) is 17.2 Å². The highest BCUT2D eigenvalue weighted by Gasteiger charge is 2.25. The molecule has 0 aliphatic rings. The number of hydrogen-bond donors (Lipinski definition) is 1. The summed E-state index contributed by atoms with van der Waals surface area (Å²) in [5.74, 6) is 0.241. The van der Waals surface area contributed by atoms with Gasteiger partial charge >= 0.3 is 0 Å². The summed E-state index contributed by atoms with van der Waals surface area (Å²) in [4.78, 5) is 3.77. The average molecular weight is 261 g/mol. The van der Waals surface area contributed by atoms with Gasteiger partial charge < -0.3 is 9.84 Å². The predicted octanol–water partition coefficient (Wildman–Crippen LogP) is 2.68. The number of rotatable bonds is 4. The van der Waals surface area contributed by atoms with Gasteiger partial charge in [-0.2, -0.15) is 0 Å². The van der Waals surface area contributed by atoms with Crippen molar-refractivity contribution in [3.8, 4) is 5.75 Å². The summed E-state index contributed by atoms with van der Waals surface area (Å²) >= 11 is 0. The predicted molar refractivity (Wildman–Crippen MR) is 70.5 cm³/mol. The lowest BCUT2D eigenvalue weighted by Crippen LogP contribution is -2.25. The van der Waals surface area contributed by atoms with E-state index in [0.717, 1.165) is 11.8 Å². The quantitative estimate of drug-likeness (QED) is 0.920. The number of aromatic nitrogens is 1. The van der Waals surface area contributed by atoms with E-state index in [2.05, 4.69) is 4.98 Å². The molecule has 1 unspecified atom stereocenters. The number of methoxy groups -OCH3 is 1. The van der Waals surface area contributed by atoms with Crippen molar-refractivity contribution in [3.05, 3.63) is 59.7 Å². The van der Waals surface area contributed by atoms with E-state index in [1.54, 1.807) is 14.0 Å². The number of aliphatic hydroxyl groups is 1. The van der Waals surface area contributed by atoms with Crippen LogP contribution < -0.4 is 4.74 Å². The first-order valence-corrected chi connectivity index (χ1v) is 5.98. The SMILES string of the molecule is COc1ccccc1CC(C)(O)c1cncc(F)c1. The summed E-state index contributed by atoms with van der Waals surface area (Å²) in [6, 6.07) is 8.73. The highest BCUT2D eigenvalue weighted by Crippen LogP contribution is 2.29. The van der Waals surface area contributed by atoms with Gasteiger partial charge in [0.1, 0.15) is 11.6 Å². The molecule has 1 heterocycles. The van der Waals surface area contributed by atoms with Gasteiger partial charge in [0.25, 0.3) is 0 Å². The average Bonchev–Trinajstić information content (AvgIpc) is 2.39. The van der Waals surface area contributed by atoms with E-state index in [-0.39, 0.29) is 0 Å². The third-order valence-corrected chi connectivity index (χ3v) is 3.05. The Hall–Kier alpha value is -1.94. The third kappa shape index (κ3) is 3.09. The molecule has 0 saturated carbocycles. The number of ether oxygens (including phenoxy) is 1. The van der Waals surface area contributed by atoms with Crippen molar-refractivity contribution in [3.63, 3.8) is 0 Å². The van der Waals surface area contributed by atoms with Crippen molar-refractivity contribution >= 4 is 0 Å². The molecule has 0 aliphatic heterocycles. The summed E-state index contributed by atoms with van der Waals surface area (Å²) in [6.07, 6.45) is 2.91. The molecule has 0 amide bonds. The molecular formula is C15H16FNO2. The van der Waals surface area contributed by atoms with Crippen LogP contribution in [0.5, 0.6) is 5.75 Å². The van der Waals surface area contributed by atoms with Crippen LogP contribution in [0.4, 0.5) is 4.39 Å². The van der Waals surface area contributed by atoms with Crippen molar-refractivity contribution in [2.45, 2.75) is 18.9 Å². The van der Waals surface area contributed by atoms with E-state index in [4.69, 9.17) is 4.74 Å². The Labute approximate surface area is 111 Å². The van der Waals surface area contributed by atoms with Gasteiger partial charge in [-0.25, -0.2) is 4.39 Å². The van der Waals surface area contributed by atoms with Gasteiger partial charge in [0.2, 0.25) is 0 Å². The van der Waals surface area contributed by atoms with Gasteiger partial charge in [0.15, 0.2) is 0 Å². The smallest absolute Gasteiger partial charge is 0.141 e. The van der Waals surface area contributed by atoms with Gasteiger partial charge in [-0.05, 0) is 24.6 Å². The van der Waals surface area contributed by atoms with Gasteiger partial charge in [0.05, 0.1) is 18.9 Å². The number of halogens is 1. The molecule has 1 atom stereocenters. The van der Waals surface area contributed by atoms with Gasteiger partial charge in [0, 0.05) is 18.2 Å². The molecule has 0 fully saturated rings. The van der Waals surface area contributed by atoms with E-state index in [9.17, 15) is 9.50 Å². The van der Waals surface area contributed by atoms with Crippen LogP contribution in [0.1, 0.15) is 18.1 Å². The van der Waals surface area contributed by atoms with Crippen LogP contribution in [0.25, 0.3) is 0 Å². The molecule has 2 aromatic rings. The molecule has 1 aromatic heterocycles. The highest BCUT2D eigenvalue weighted by molar-refractivity contribution is 5.35. The van der Waals surface area contributed by atoms with Crippen molar-refractivity contribution in [2.75, 3.05) is 7.11 Å². The van der Waals surface area contributed by atoms with E-state index < -0.39 is 11.4 Å². The molecule has 19 heavy (non-hydrogen) atoms. The van der Waals surface area contributed by atoms with Crippen LogP contribution in [0, 0.1) is 5.82 Å². The fourth-order valence-corrected chi connectivity index (χ4v) is 2.03. The zero-order chi connectivity index (χ0) is 13.9. The fourth-order valence-electron chi connectivity index (χ4n) is 2.03. The lowest BCUT2D eigenvalue weighted by molar-refractivity contribution is 0.0562. The fraction of sp³-hybridized carbons (Fsp3) is 0.267. The first-order chi connectivity index (χ1) is 9.03. The monoisotopic (exact) mass is 261 g/mol. The second-order valence-electron chi connectivity index (χ2n) is 4.65. The number of hydrogen-bond acceptors (Lipinski definition) is 3. The number of benzene rings is 1. The van der Waals surface area contributed by atoms with Crippen molar-refractivity contribution < 1.29 is 14.2 Å². The Kier molecular flexibility index (Phi) is 3.81. The first kappa shape index (κ1) is 13.5. The van der Waals surface area contributed by atoms with Crippen molar-refractivity contribution in [2.24, 2.45) is 0 Å². The van der Waals surface area contributed by atoms with Gasteiger partial charge in [-0.3, -0.25) is 4.98 Å². The maximum atomic E-state index is 13.2. The van der Waals surface area contributed by atoms with Crippen LogP contribution >= 0.6 is 0 Å². The minimum atomic E-state index is -1.20. The molecule has 100 valence electrons. The maximum Gasteiger partial charge on any atom is 0.141 e. The Morgan fingerprint density at radius 2 is 2.05 bits per heavy atom. The Morgan fingerprint density at radius 3 is 2.74 bits per heavy atom. The summed E-state index contributed by atoms with van der Waals surface area (Å²) in [5, 5.41) is 10.5. The van der Waals surface area contributed by atoms with Crippen LogP contribution in [0.3, 0.4) is 0 Å². The van der Waals surface area contributed by atoms with Crippen LogP contribution in [-0.2, 0) is 12.0 Å². The molecule has 0 saturated heterocycles. The van der Waals surface area contributed by atoms with E-state index in [1.807, 2.05) is 24.3 Å². The molecule has 0 aliphatic carbocycles. The Morgan fingerprint density at radius 1 is 1.32 bits per heavy atom. The van der Waals surface area contributed by atoms with E-state index >= 15 is 0 Å². The van der Waals surface area contributed by atoms with E-state index in [0.29, 0.717) is 17.7 Å². The van der Waals surface area contributed by atoms with Gasteiger partial charge in [-0.1, -0.05) is 18.2 Å². The van der Waals surface area contributed by atoms with Crippen molar-refractivity contribution in [1.29, 1.82) is 0 Å². The normalized spacial score (nSPS) is 13.9. The molecule has 2 rings (SSSR count). The molecule has 0 spiro atoms. The third-order valence-electron chi connectivity index (χ3n) is 3.05. The van der Waals surface area contributed by atoms with Crippen LogP contribution in [0.15, 0.2) is 42.7 Å². The number of nitrogens with zero attached hydrogens (tertiary/aromatic N) is 1. The Bertz CT molecular complexity index is 570. The molecule has 1 N–H and O–H groups in total. The second-order valence-corrected chi connectivity index (χ2v) is 4.65. The maximum absolute atomic E-state index is 13.2. The highest BCUT2D eigenvalue weighted by atomic mass is 19.1. The zero-order valence-corrected chi connectivity index (χ0v) is 10.9. The topological polar surface area (TPSA) is 42.4 Å². The Balaban J connectivity index is 2.30. The standard InChI is InChI=1S/C15H16FNO2/c1-15(18,12-7-13(16)10-17-9-12)8-11-5-3-4-6-14(11)19-2/h3-7,9-10,18H,8H2,1-2H3. The van der Waals surface area contributed by atoms with Crippen LogP contribution in [0.2, 0.25) is 0 Å². The number of pyridine rings is 1.